The number of nitrogens with two attached hydrogens (primary N) is 2. The summed E-state index contributed by atoms with van der Waals surface area (Å²) in [4.78, 5) is 122. The summed E-state index contributed by atoms with van der Waals surface area (Å²) in [5, 5.41) is 34.0. The number of aliphatic carboxylic acids is 2. The van der Waals surface area contributed by atoms with Crippen molar-refractivity contribution in [1.82, 2.24) is 36.6 Å². The molecule has 0 fully saturated rings. The number of benzene rings is 1. The summed E-state index contributed by atoms with van der Waals surface area (Å²) in [7, 11) is -6.17. The summed E-state index contributed by atoms with van der Waals surface area (Å²) in [5.41, 5.74) is 10.9. The van der Waals surface area contributed by atoms with Crippen LogP contribution in [0.4, 0.5) is 5.69 Å². The molecule has 0 aliphatic heterocycles. The van der Waals surface area contributed by atoms with Crippen LogP contribution < -0.4 is 48.1 Å². The van der Waals surface area contributed by atoms with Gasteiger partial charge in [0.15, 0.2) is 0 Å². The smallest absolute Gasteiger partial charge is 0.326 e. The van der Waals surface area contributed by atoms with Crippen LogP contribution in [0.2, 0.25) is 0 Å². The highest BCUT2D eigenvalue weighted by Gasteiger charge is 2.42. The Balaban J connectivity index is 2.20. The molecule has 0 aliphatic rings. The maximum Gasteiger partial charge on any atom is 0.326 e. The van der Waals surface area contributed by atoms with Gasteiger partial charge in [-0.1, -0.05) is 13.8 Å². The van der Waals surface area contributed by atoms with Gasteiger partial charge in [-0.15, -0.1) is 0 Å². The molecule has 0 spiro atoms. The van der Waals surface area contributed by atoms with Crippen molar-refractivity contribution in [3.8, 4) is 0 Å². The van der Waals surface area contributed by atoms with Crippen LogP contribution in [0.1, 0.15) is 95.3 Å². The average molecular weight is 1180 g/mol. The highest BCUT2D eigenvalue weighted by atomic mass is 32.2. The van der Waals surface area contributed by atoms with E-state index in [0.29, 0.717) is 30.6 Å². The lowest BCUT2D eigenvalue weighted by Crippen LogP contribution is -2.45. The Labute approximate surface area is 466 Å². The van der Waals surface area contributed by atoms with Gasteiger partial charge in [0.25, 0.3) is 16.0 Å². The largest absolute Gasteiger partial charge is 0.480 e. The van der Waals surface area contributed by atoms with Gasteiger partial charge in [0, 0.05) is 67.1 Å². The van der Waals surface area contributed by atoms with Crippen molar-refractivity contribution in [3.05, 3.63) is 29.8 Å². The molecule has 0 aromatic heterocycles. The molecule has 5 unspecified atom stereocenters. The van der Waals surface area contributed by atoms with E-state index >= 15 is 0 Å². The third-order valence-corrected chi connectivity index (χ3v) is 14.4. The molecule has 0 heterocycles. The predicted octanol–water partition coefficient (Wildman–Crippen LogP) is -2.31. The maximum absolute atomic E-state index is 12.5. The van der Waals surface area contributed by atoms with Crippen molar-refractivity contribution >= 4 is 98.6 Å². The number of ether oxygens (including phenoxy) is 4. The number of rotatable bonds is 44. The van der Waals surface area contributed by atoms with E-state index in [9.17, 15) is 75.3 Å². The lowest BCUT2D eigenvalue weighted by atomic mass is 9.78. The molecule has 0 aliphatic carbocycles. The number of hydrogen-bond acceptors (Lipinski definition) is 19. The van der Waals surface area contributed by atoms with E-state index in [1.165, 1.54) is 20.8 Å². The van der Waals surface area contributed by atoms with Gasteiger partial charge in [0.2, 0.25) is 41.4 Å². The van der Waals surface area contributed by atoms with E-state index in [-0.39, 0.29) is 115 Å². The second-order valence-corrected chi connectivity index (χ2v) is 22.4. The van der Waals surface area contributed by atoms with E-state index in [1.54, 1.807) is 24.3 Å². The van der Waals surface area contributed by atoms with Crippen LogP contribution in [-0.2, 0) is 83.2 Å². The molecular weight excluding hydrogens is 1110 g/mol. The molecule has 1 rings (SSSR count). The molecule has 8 amide bonds. The van der Waals surface area contributed by atoms with Crippen LogP contribution >= 0.6 is 12.6 Å². The number of anilines is 1. The third kappa shape index (κ3) is 33.9. The van der Waals surface area contributed by atoms with Crippen LogP contribution in [0.15, 0.2) is 24.3 Å². The highest BCUT2D eigenvalue weighted by Crippen LogP contribution is 2.40. The van der Waals surface area contributed by atoms with Gasteiger partial charge < -0.3 is 72.5 Å². The van der Waals surface area contributed by atoms with Crippen molar-refractivity contribution in [3.63, 3.8) is 0 Å². The number of carbonyl (C=O) groups is 10. The molecule has 5 atom stereocenters. The lowest BCUT2D eigenvalue weighted by molar-refractivity contribution is -0.144. The molecule has 0 bridgehead atoms. The SMILES string of the molecule is CC(C)(CS(=O)(=O)O)C(C)(S)CC(=O)NS(=O)CCCC(=O)NCCOCCOCC(=O)NC(CCC(=O)NC(CCC(=O)NCCOCCOCC(=O)NC(CCCCNC(=O)c1ccc(N)cc1)C(N)=O)C(=O)O)C(=O)O. The zero-order valence-electron chi connectivity index (χ0n) is 44.5. The molecule has 0 radical (unpaired) electrons. The second kappa shape index (κ2) is 37.8. The molecule has 32 heteroatoms. The van der Waals surface area contributed by atoms with E-state index in [4.69, 9.17) is 30.4 Å². The van der Waals surface area contributed by atoms with E-state index in [1.807, 2.05) is 0 Å². The Bertz CT molecular complexity index is 2310. The zero-order chi connectivity index (χ0) is 59.6. The second-order valence-electron chi connectivity index (χ2n) is 18.7. The van der Waals surface area contributed by atoms with Crippen LogP contribution in [-0.4, -0.2) is 193 Å². The number of primary amides is 1. The van der Waals surface area contributed by atoms with Crippen molar-refractivity contribution < 1.29 is 94.3 Å². The first kappa shape index (κ1) is 71.0. The lowest BCUT2D eigenvalue weighted by Gasteiger charge is -2.39. The van der Waals surface area contributed by atoms with Gasteiger partial charge in [-0.2, -0.15) is 21.0 Å². The molecule has 448 valence electrons. The van der Waals surface area contributed by atoms with E-state index in [0.717, 1.165) is 0 Å². The number of carboxylic acid groups (broad SMARTS) is 2. The number of nitrogen functional groups attached to an aromatic ring is 1. The van der Waals surface area contributed by atoms with Crippen molar-refractivity contribution in [1.29, 1.82) is 0 Å². The van der Waals surface area contributed by atoms with Gasteiger partial charge in [-0.25, -0.2) is 13.8 Å². The molecular formula is C47H77N9O20S3. The molecule has 0 saturated heterocycles. The Kier molecular flexibility index (Phi) is 33.9. The normalized spacial score (nSPS) is 13.7. The third-order valence-electron chi connectivity index (χ3n) is 11.5. The minimum atomic E-state index is -4.35. The maximum atomic E-state index is 12.5. The van der Waals surface area contributed by atoms with E-state index < -0.39 is 122 Å². The van der Waals surface area contributed by atoms with Crippen LogP contribution in [0.5, 0.6) is 0 Å². The number of thiol groups is 1. The summed E-state index contributed by atoms with van der Waals surface area (Å²) in [6.07, 6.45) is -0.412. The Morgan fingerprint density at radius 1 is 0.620 bits per heavy atom. The summed E-state index contributed by atoms with van der Waals surface area (Å²) in [6, 6.07) is 2.46. The fraction of sp³-hybridized carbons (Fsp3) is 0.660. The number of carbonyl (C=O) groups excluding carboxylic acids is 8. The minimum Gasteiger partial charge on any atom is -0.480 e. The fourth-order valence-corrected chi connectivity index (χ4v) is 9.11. The standard InChI is InChI=1S/C47H77N9O20S3/c1-46(2,30-79(70,71)72)47(3,77)27-39(60)56-78(69)26-6-8-36(57)50-18-20-73-23-25-76-29-41(62)55-35(45(67)68)14-16-38(59)54-34(44(65)66)13-15-37(58)51-19-21-74-22-24-75-28-40(61)53-33(42(49)63)7-4-5-17-52-43(64)31-9-11-32(48)12-10-31/h9-12,33-35,77H,4-8,13-30,48H2,1-3H3,(H2,49,63)(H,50,57)(H,51,58)(H,52,64)(H,53,61)(H,54,59)(H,55,62)(H,56,60)(H,65,66)(H,67,68)(H,70,71,72). The van der Waals surface area contributed by atoms with Crippen molar-refractivity contribution in [2.24, 2.45) is 11.1 Å². The topological polar surface area (TPSA) is 456 Å². The number of nitrogens with one attached hydrogen (secondary N) is 7. The van der Waals surface area contributed by atoms with Crippen LogP contribution in [0, 0.1) is 5.41 Å². The van der Waals surface area contributed by atoms with Crippen LogP contribution in [0.3, 0.4) is 0 Å². The number of hydrogen-bond donors (Lipinski definition) is 13. The Hall–Kier alpha value is -6.03. The van der Waals surface area contributed by atoms with Gasteiger partial charge >= 0.3 is 11.9 Å². The summed E-state index contributed by atoms with van der Waals surface area (Å²) in [6.45, 7) is 4.12. The van der Waals surface area contributed by atoms with Crippen molar-refractivity contribution in [2.75, 3.05) is 89.7 Å². The summed E-state index contributed by atoms with van der Waals surface area (Å²) in [5.74, 6) is -8.45. The first-order valence-electron chi connectivity index (χ1n) is 25.0. The van der Waals surface area contributed by atoms with Gasteiger partial charge in [-0.3, -0.25) is 47.6 Å². The Morgan fingerprint density at radius 3 is 1.61 bits per heavy atom. The van der Waals surface area contributed by atoms with Crippen molar-refractivity contribution in [2.45, 2.75) is 108 Å². The number of carboxylic acids is 2. The molecule has 14 N–H and O–H groups in total. The Morgan fingerprint density at radius 2 is 1.10 bits per heavy atom. The molecule has 0 saturated carbocycles. The molecule has 79 heavy (non-hydrogen) atoms. The van der Waals surface area contributed by atoms with Gasteiger partial charge in [-0.05, 0) is 75.1 Å². The first-order valence-corrected chi connectivity index (χ1v) is 28.4. The summed E-state index contributed by atoms with van der Waals surface area (Å²) < 4.78 is 66.4. The molecule has 29 nitrogen and oxygen atoms in total. The number of amides is 8. The fourth-order valence-electron chi connectivity index (χ4n) is 6.71. The monoisotopic (exact) mass is 1180 g/mol. The van der Waals surface area contributed by atoms with E-state index in [2.05, 4.69) is 49.3 Å². The minimum absolute atomic E-state index is 0.00380. The predicted molar refractivity (Wildman–Crippen MR) is 288 cm³/mol. The quantitative estimate of drug-likeness (QED) is 0.0141. The molecule has 1 aromatic carbocycles. The average Bonchev–Trinajstić information content (AvgIpc) is 3.35. The van der Waals surface area contributed by atoms with Gasteiger partial charge in [0.05, 0.1) is 45.4 Å². The van der Waals surface area contributed by atoms with Gasteiger partial charge in [0.1, 0.15) is 42.3 Å². The zero-order valence-corrected chi connectivity index (χ0v) is 47.0. The number of unbranched alkanes of at least 4 members (excludes halogenated alkanes) is 1. The summed E-state index contributed by atoms with van der Waals surface area (Å²) >= 11 is 4.40. The molecule has 1 aromatic rings. The van der Waals surface area contributed by atoms with Crippen LogP contribution in [0.25, 0.3) is 0 Å². The first-order chi connectivity index (χ1) is 37.0. The highest BCUT2D eigenvalue weighted by molar-refractivity contribution is 7.86.